The van der Waals surface area contributed by atoms with Gasteiger partial charge in [-0.25, -0.2) is 0 Å². The molecule has 0 saturated heterocycles. The Morgan fingerprint density at radius 3 is 1.13 bits per heavy atom. The van der Waals surface area contributed by atoms with E-state index in [-0.39, 0.29) is 0 Å². The van der Waals surface area contributed by atoms with Crippen LogP contribution in [-0.4, -0.2) is 0 Å². The Balaban J connectivity index is 1.31. The monoisotopic (exact) mass is 970 g/mol. The molecule has 0 aliphatic rings. The van der Waals surface area contributed by atoms with E-state index in [0.717, 1.165) is 60.5 Å². The van der Waals surface area contributed by atoms with Gasteiger partial charge in [-0.3, -0.25) is 0 Å². The molecule has 8 rings (SSSR count). The summed E-state index contributed by atoms with van der Waals surface area (Å²) in [5.74, 6) is 5.41. The maximum Gasteiger partial charge on any atom is 0.530 e. The number of aryl methyl sites for hydroxylation is 5. The first-order chi connectivity index (χ1) is 33.6. The zero-order valence-corrected chi connectivity index (χ0v) is 44.9. The summed E-state index contributed by atoms with van der Waals surface area (Å²) in [4.78, 5) is 0. The van der Waals surface area contributed by atoms with Crippen molar-refractivity contribution in [3.8, 4) is 45.6 Å². The van der Waals surface area contributed by atoms with Crippen LogP contribution in [0.15, 0.2) is 140 Å². The van der Waals surface area contributed by atoms with Crippen molar-refractivity contribution in [1.82, 2.24) is 0 Å². The lowest BCUT2D eigenvalue weighted by Gasteiger charge is -2.25. The molecule has 6 nitrogen and oxygen atoms in total. The minimum Gasteiger partial charge on any atom is -0.408 e. The van der Waals surface area contributed by atoms with Crippen LogP contribution in [0.5, 0.6) is 34.5 Å². The highest BCUT2D eigenvalue weighted by Gasteiger charge is 2.30. The van der Waals surface area contributed by atoms with Crippen LogP contribution >= 0.6 is 17.2 Å². The first-order valence-corrected chi connectivity index (χ1v) is 26.9. The molecule has 0 fully saturated rings. The second-order valence-corrected chi connectivity index (χ2v) is 21.7. The molecule has 0 unspecified atom stereocenters. The van der Waals surface area contributed by atoms with Crippen molar-refractivity contribution >= 4 is 38.7 Å². The van der Waals surface area contributed by atoms with Gasteiger partial charge in [0.1, 0.15) is 34.5 Å². The van der Waals surface area contributed by atoms with Gasteiger partial charge in [0.05, 0.1) is 0 Å². The number of hydrogen-bond donors (Lipinski definition) is 0. The van der Waals surface area contributed by atoms with E-state index >= 15 is 0 Å². The minimum absolute atomic E-state index is 0.371. The topological polar surface area (TPSA) is 55.4 Å². The fraction of sp³-hybridized carbons (Fsp3) is 0.290. The Hall–Kier alpha value is -6.06. The second-order valence-electron chi connectivity index (χ2n) is 19.7. The van der Waals surface area contributed by atoms with Gasteiger partial charge in [0.15, 0.2) is 0 Å². The molecule has 0 N–H and O–H groups in total. The number of rotatable bonds is 18. The van der Waals surface area contributed by atoms with Crippen LogP contribution in [0.25, 0.3) is 32.7 Å². The van der Waals surface area contributed by atoms with Gasteiger partial charge in [-0.1, -0.05) is 141 Å². The van der Waals surface area contributed by atoms with E-state index in [0.29, 0.717) is 64.6 Å². The van der Waals surface area contributed by atoms with E-state index < -0.39 is 17.2 Å². The Kier molecular flexibility index (Phi) is 15.8. The molecule has 0 radical (unpaired) electrons. The minimum atomic E-state index is -2.09. The summed E-state index contributed by atoms with van der Waals surface area (Å²) in [6.07, 6.45) is 0.679. The van der Waals surface area contributed by atoms with Crippen LogP contribution in [0.1, 0.15) is 136 Å². The number of hydrogen-bond acceptors (Lipinski definition) is 6. The van der Waals surface area contributed by atoms with Crippen molar-refractivity contribution in [2.24, 2.45) is 0 Å². The molecule has 0 bridgehead atoms. The van der Waals surface area contributed by atoms with Crippen LogP contribution in [0, 0.1) is 27.7 Å². The van der Waals surface area contributed by atoms with E-state index in [2.05, 4.69) is 199 Å². The molecule has 362 valence electrons. The quantitative estimate of drug-likeness (QED) is 0.0799. The van der Waals surface area contributed by atoms with Crippen molar-refractivity contribution in [3.05, 3.63) is 190 Å². The molecular formula is C62H68O6P2. The highest BCUT2D eigenvalue weighted by molar-refractivity contribution is 7.43. The number of fused-ring (bicyclic) bond motifs is 2. The van der Waals surface area contributed by atoms with Crippen molar-refractivity contribution in [2.75, 3.05) is 0 Å². The Morgan fingerprint density at radius 1 is 0.371 bits per heavy atom. The van der Waals surface area contributed by atoms with E-state index in [1.54, 1.807) is 0 Å². The lowest BCUT2D eigenvalue weighted by atomic mass is 9.90. The molecular weight excluding hydrogens is 903 g/mol. The molecule has 8 aromatic carbocycles. The fourth-order valence-corrected chi connectivity index (χ4v) is 11.6. The molecule has 8 aromatic rings. The van der Waals surface area contributed by atoms with Gasteiger partial charge in [-0.2, -0.15) is 0 Å². The lowest BCUT2D eigenvalue weighted by Crippen LogP contribution is -2.07. The SMILES string of the molecule is CCc1cc2ccccc2c(-c2c(OP(Oc3ccc(C(C)C)c(C)c3)Oc3ccc(C(C)C)c(C)c3)ccc3ccccc23)c1OP(Oc1ccc(C(C)C)c(C)c1)Oc1ccc(C(C)C)c(C)c1. The lowest BCUT2D eigenvalue weighted by molar-refractivity contribution is 0.384. The van der Waals surface area contributed by atoms with Crippen molar-refractivity contribution < 1.29 is 27.1 Å². The highest BCUT2D eigenvalue weighted by Crippen LogP contribution is 2.55. The molecule has 0 saturated carbocycles. The zero-order chi connectivity index (χ0) is 49.8. The van der Waals surface area contributed by atoms with Crippen LogP contribution in [0.2, 0.25) is 0 Å². The predicted octanol–water partition coefficient (Wildman–Crippen LogP) is 19.5. The van der Waals surface area contributed by atoms with Crippen molar-refractivity contribution in [1.29, 1.82) is 0 Å². The molecule has 0 aliphatic heterocycles. The normalized spacial score (nSPS) is 11.8. The van der Waals surface area contributed by atoms with E-state index in [1.165, 1.54) is 22.3 Å². The van der Waals surface area contributed by atoms with E-state index in [4.69, 9.17) is 27.1 Å². The molecule has 0 spiro atoms. The Bertz CT molecular complexity index is 3020. The standard InChI is InChI=1S/C62H68O6P2/c1-14-46-37-48-20-16-18-22-58(48)61(62(46)68-70(65-51-26-30-55(40(6)7)44(12)35-51)66-52-27-31-56(41(8)9)45(13)36-52)60-57-21-17-15-19-47(57)23-32-59(60)67-69(63-49-24-28-53(38(2)3)42(10)33-49)64-50-25-29-54(39(4)5)43(11)34-50/h15-41H,14H2,1-13H3. The first kappa shape index (κ1) is 50.3. The smallest absolute Gasteiger partial charge is 0.408 e. The van der Waals surface area contributed by atoms with Crippen LogP contribution in [0.3, 0.4) is 0 Å². The Morgan fingerprint density at radius 2 is 0.743 bits per heavy atom. The third-order valence-electron chi connectivity index (χ3n) is 13.1. The highest BCUT2D eigenvalue weighted by atomic mass is 31.2. The van der Waals surface area contributed by atoms with Gasteiger partial charge in [0, 0.05) is 11.1 Å². The average molecular weight is 971 g/mol. The van der Waals surface area contributed by atoms with Crippen LogP contribution in [0.4, 0.5) is 0 Å². The molecule has 0 amide bonds. The summed E-state index contributed by atoms with van der Waals surface area (Å²) in [7, 11) is -4.17. The molecule has 0 heterocycles. The summed E-state index contributed by atoms with van der Waals surface area (Å²) in [5.41, 5.74) is 12.4. The zero-order valence-electron chi connectivity index (χ0n) is 43.1. The summed E-state index contributed by atoms with van der Waals surface area (Å²) in [6, 6.07) is 48.2. The third kappa shape index (κ3) is 11.3. The van der Waals surface area contributed by atoms with Gasteiger partial charge in [-0.05, 0) is 190 Å². The summed E-state index contributed by atoms with van der Waals surface area (Å²) in [6.45, 7) is 28.3. The number of benzene rings is 8. The fourth-order valence-electron chi connectivity index (χ4n) is 9.61. The molecule has 0 aliphatic carbocycles. The van der Waals surface area contributed by atoms with Gasteiger partial charge in [0.25, 0.3) is 0 Å². The predicted molar refractivity (Wildman–Crippen MR) is 295 cm³/mol. The molecule has 70 heavy (non-hydrogen) atoms. The van der Waals surface area contributed by atoms with E-state index in [9.17, 15) is 0 Å². The summed E-state index contributed by atoms with van der Waals surface area (Å²) >= 11 is 0. The summed E-state index contributed by atoms with van der Waals surface area (Å²) < 4.78 is 42.0. The van der Waals surface area contributed by atoms with Crippen LogP contribution in [-0.2, 0) is 6.42 Å². The first-order valence-electron chi connectivity index (χ1n) is 24.7. The summed E-state index contributed by atoms with van der Waals surface area (Å²) in [5, 5.41) is 4.09. The molecule has 8 heteroatoms. The van der Waals surface area contributed by atoms with Crippen molar-refractivity contribution in [3.63, 3.8) is 0 Å². The molecule has 0 atom stereocenters. The van der Waals surface area contributed by atoms with E-state index in [1.807, 2.05) is 30.3 Å². The maximum absolute atomic E-state index is 7.37. The second kappa shape index (κ2) is 21.9. The van der Waals surface area contributed by atoms with Gasteiger partial charge in [-0.15, -0.1) is 0 Å². The molecule has 0 aromatic heterocycles. The van der Waals surface area contributed by atoms with Gasteiger partial charge >= 0.3 is 17.2 Å². The largest absolute Gasteiger partial charge is 0.530 e. The van der Waals surface area contributed by atoms with Crippen molar-refractivity contribution in [2.45, 2.75) is 120 Å². The third-order valence-corrected chi connectivity index (χ3v) is 15.2. The maximum atomic E-state index is 7.37. The Labute approximate surface area is 419 Å². The average Bonchev–Trinajstić information content (AvgIpc) is 3.31. The van der Waals surface area contributed by atoms with Crippen LogP contribution < -0.4 is 27.1 Å². The van der Waals surface area contributed by atoms with Gasteiger partial charge < -0.3 is 27.1 Å². The van der Waals surface area contributed by atoms with Gasteiger partial charge in [0.2, 0.25) is 0 Å².